The minimum Gasteiger partial charge on any atom is -0.468 e. The highest BCUT2D eigenvalue weighted by atomic mass is 16.5. The van der Waals surface area contributed by atoms with Crippen molar-refractivity contribution in [2.75, 3.05) is 13.2 Å². The zero-order valence-electron chi connectivity index (χ0n) is 11.2. The van der Waals surface area contributed by atoms with Gasteiger partial charge in [0, 0.05) is 6.54 Å². The molecule has 0 saturated carbocycles. The number of nitrogens with one attached hydrogen (secondary N) is 1. The minimum absolute atomic E-state index is 0.315. The Morgan fingerprint density at radius 1 is 1.33 bits per heavy atom. The number of furan rings is 1. The first kappa shape index (κ1) is 13.6. The second-order valence-corrected chi connectivity index (χ2v) is 4.98. The lowest BCUT2D eigenvalue weighted by Crippen LogP contribution is -2.35. The van der Waals surface area contributed by atoms with E-state index in [-0.39, 0.29) is 0 Å². The van der Waals surface area contributed by atoms with Gasteiger partial charge in [0.25, 0.3) is 0 Å². The second kappa shape index (κ2) is 6.92. The maximum Gasteiger partial charge on any atom is 0.117 e. The summed E-state index contributed by atoms with van der Waals surface area (Å²) in [5.41, 5.74) is 0. The average molecular weight is 253 g/mol. The zero-order chi connectivity index (χ0) is 12.8. The molecule has 2 heterocycles. The van der Waals surface area contributed by atoms with Crippen LogP contribution < -0.4 is 5.32 Å². The van der Waals surface area contributed by atoms with Gasteiger partial charge in [-0.3, -0.25) is 0 Å². The van der Waals surface area contributed by atoms with E-state index < -0.39 is 0 Å². The van der Waals surface area contributed by atoms with Crippen molar-refractivity contribution >= 4 is 0 Å². The van der Waals surface area contributed by atoms with Gasteiger partial charge in [-0.2, -0.15) is 0 Å². The van der Waals surface area contributed by atoms with Crippen molar-refractivity contribution < 1.29 is 13.9 Å². The number of ether oxygens (including phenoxy) is 2. The zero-order valence-corrected chi connectivity index (χ0v) is 11.2. The second-order valence-electron chi connectivity index (χ2n) is 4.98. The fraction of sp³-hybridized carbons (Fsp3) is 0.714. The molecule has 18 heavy (non-hydrogen) atoms. The van der Waals surface area contributed by atoms with E-state index >= 15 is 0 Å². The molecule has 0 radical (unpaired) electrons. The van der Waals surface area contributed by atoms with Crippen molar-refractivity contribution in [1.82, 2.24) is 5.32 Å². The van der Waals surface area contributed by atoms with Gasteiger partial charge in [0.2, 0.25) is 0 Å². The molecular formula is C14H23NO3. The molecule has 0 bridgehead atoms. The molecule has 0 aliphatic carbocycles. The average Bonchev–Trinajstić information content (AvgIpc) is 2.80. The van der Waals surface area contributed by atoms with Crippen molar-refractivity contribution in [3.63, 3.8) is 0 Å². The highest BCUT2D eigenvalue weighted by molar-refractivity contribution is 4.97. The van der Waals surface area contributed by atoms with Crippen LogP contribution in [0.3, 0.4) is 0 Å². The summed E-state index contributed by atoms with van der Waals surface area (Å²) in [5, 5.41) is 3.30. The van der Waals surface area contributed by atoms with E-state index in [9.17, 15) is 0 Å². The lowest BCUT2D eigenvalue weighted by Gasteiger charge is -2.32. The Hall–Kier alpha value is -0.840. The third-order valence-corrected chi connectivity index (χ3v) is 3.17. The van der Waals surface area contributed by atoms with Crippen LogP contribution in [0.2, 0.25) is 0 Å². The molecule has 0 aromatic carbocycles. The summed E-state index contributed by atoms with van der Waals surface area (Å²) in [6.07, 6.45) is 4.67. The predicted molar refractivity (Wildman–Crippen MR) is 69.4 cm³/mol. The van der Waals surface area contributed by atoms with Gasteiger partial charge in [-0.25, -0.2) is 0 Å². The molecule has 2 atom stereocenters. The van der Waals surface area contributed by atoms with Crippen LogP contribution in [0, 0.1) is 0 Å². The van der Waals surface area contributed by atoms with Gasteiger partial charge >= 0.3 is 0 Å². The van der Waals surface area contributed by atoms with Crippen LogP contribution in [0.25, 0.3) is 0 Å². The predicted octanol–water partition coefficient (Wildman–Crippen LogP) is 2.34. The van der Waals surface area contributed by atoms with Crippen LogP contribution in [0.5, 0.6) is 0 Å². The quantitative estimate of drug-likeness (QED) is 0.790. The first-order valence-electron chi connectivity index (χ1n) is 6.74. The molecule has 1 N–H and O–H groups in total. The van der Waals surface area contributed by atoms with Crippen LogP contribution in [0.4, 0.5) is 0 Å². The smallest absolute Gasteiger partial charge is 0.117 e. The fourth-order valence-electron chi connectivity index (χ4n) is 2.40. The van der Waals surface area contributed by atoms with Crippen molar-refractivity contribution in [3.8, 4) is 0 Å². The number of hydrogen-bond acceptors (Lipinski definition) is 4. The summed E-state index contributed by atoms with van der Waals surface area (Å²) in [5.74, 6) is 0.961. The van der Waals surface area contributed by atoms with E-state index in [1.807, 2.05) is 12.1 Å². The lowest BCUT2D eigenvalue weighted by molar-refractivity contribution is -0.101. The molecule has 0 spiro atoms. The van der Waals surface area contributed by atoms with Crippen LogP contribution in [0.1, 0.15) is 32.4 Å². The van der Waals surface area contributed by atoms with Crippen LogP contribution >= 0.6 is 0 Å². The van der Waals surface area contributed by atoms with Gasteiger partial charge in [0.05, 0.1) is 37.7 Å². The third kappa shape index (κ3) is 4.44. The molecule has 1 aromatic rings. The SMILES string of the molecule is CC1CC(OCCNCc2ccco2)CC(C)O1. The Labute approximate surface area is 109 Å². The molecular weight excluding hydrogens is 230 g/mol. The topological polar surface area (TPSA) is 43.6 Å². The standard InChI is InChI=1S/C14H23NO3/c1-11-8-14(9-12(2)18-11)17-7-5-15-10-13-4-3-6-16-13/h3-4,6,11-12,14-15H,5,7-10H2,1-2H3. The van der Waals surface area contributed by atoms with Crippen molar-refractivity contribution in [1.29, 1.82) is 0 Å². The lowest BCUT2D eigenvalue weighted by atomic mass is 10.0. The highest BCUT2D eigenvalue weighted by Crippen LogP contribution is 2.21. The third-order valence-electron chi connectivity index (χ3n) is 3.17. The molecule has 4 heteroatoms. The van der Waals surface area contributed by atoms with E-state index in [4.69, 9.17) is 13.9 Å². The van der Waals surface area contributed by atoms with Gasteiger partial charge in [-0.05, 0) is 38.8 Å². The minimum atomic E-state index is 0.315. The summed E-state index contributed by atoms with van der Waals surface area (Å²) in [6.45, 7) is 6.57. The Balaban J connectivity index is 1.55. The van der Waals surface area contributed by atoms with Crippen LogP contribution in [-0.4, -0.2) is 31.5 Å². The largest absolute Gasteiger partial charge is 0.468 e. The summed E-state index contributed by atoms with van der Waals surface area (Å²) in [6, 6.07) is 3.87. The van der Waals surface area contributed by atoms with E-state index in [0.717, 1.165) is 38.3 Å². The number of rotatable bonds is 6. The molecule has 1 aliphatic rings. The van der Waals surface area contributed by atoms with E-state index in [1.165, 1.54) is 0 Å². The monoisotopic (exact) mass is 253 g/mol. The maximum absolute atomic E-state index is 5.87. The summed E-state index contributed by atoms with van der Waals surface area (Å²) in [4.78, 5) is 0. The summed E-state index contributed by atoms with van der Waals surface area (Å²) < 4.78 is 16.8. The summed E-state index contributed by atoms with van der Waals surface area (Å²) in [7, 11) is 0. The van der Waals surface area contributed by atoms with E-state index in [0.29, 0.717) is 18.3 Å². The molecule has 1 aromatic heterocycles. The Bertz CT molecular complexity index is 316. The molecule has 1 aliphatic heterocycles. The van der Waals surface area contributed by atoms with Gasteiger partial charge in [0.15, 0.2) is 0 Å². The van der Waals surface area contributed by atoms with Crippen LogP contribution in [-0.2, 0) is 16.0 Å². The summed E-state index contributed by atoms with van der Waals surface area (Å²) >= 11 is 0. The van der Waals surface area contributed by atoms with E-state index in [2.05, 4.69) is 19.2 Å². The molecule has 4 nitrogen and oxygen atoms in total. The molecule has 1 fully saturated rings. The van der Waals surface area contributed by atoms with Gasteiger partial charge in [-0.15, -0.1) is 0 Å². The molecule has 1 saturated heterocycles. The molecule has 102 valence electrons. The molecule has 2 rings (SSSR count). The molecule has 0 amide bonds. The Kier molecular flexibility index (Phi) is 5.23. The first-order chi connectivity index (χ1) is 8.74. The molecule has 2 unspecified atom stereocenters. The van der Waals surface area contributed by atoms with Crippen molar-refractivity contribution in [2.45, 2.75) is 51.5 Å². The van der Waals surface area contributed by atoms with E-state index in [1.54, 1.807) is 6.26 Å². The van der Waals surface area contributed by atoms with Gasteiger partial charge in [0.1, 0.15) is 5.76 Å². The normalized spacial score (nSPS) is 28.4. The maximum atomic E-state index is 5.87. The number of hydrogen-bond donors (Lipinski definition) is 1. The fourth-order valence-corrected chi connectivity index (χ4v) is 2.40. The first-order valence-corrected chi connectivity index (χ1v) is 6.74. The van der Waals surface area contributed by atoms with Crippen LogP contribution in [0.15, 0.2) is 22.8 Å². The van der Waals surface area contributed by atoms with Gasteiger partial charge in [-0.1, -0.05) is 0 Å². The van der Waals surface area contributed by atoms with Crippen molar-refractivity contribution in [2.24, 2.45) is 0 Å². The Morgan fingerprint density at radius 2 is 2.11 bits per heavy atom. The van der Waals surface area contributed by atoms with Gasteiger partial charge < -0.3 is 19.2 Å². The Morgan fingerprint density at radius 3 is 2.78 bits per heavy atom. The van der Waals surface area contributed by atoms with Crippen molar-refractivity contribution in [3.05, 3.63) is 24.2 Å². The highest BCUT2D eigenvalue weighted by Gasteiger charge is 2.24.